The number of hydrogen-bond donors (Lipinski definition) is 1. The molecule has 1 amide bonds. The predicted octanol–water partition coefficient (Wildman–Crippen LogP) is 2.83. The zero-order valence-electron chi connectivity index (χ0n) is 10.4. The molecule has 18 heavy (non-hydrogen) atoms. The monoisotopic (exact) mass is 331 g/mol. The molecule has 0 unspecified atom stereocenters. The standard InChI is InChI=1S/C13H18BrNO2S/c1-17-12-4-2-11(3-5-12)10-18-9-8-15-13(16)6-7-14/h2-5H,6-10H2,1H3,(H,15,16). The van der Waals surface area contributed by atoms with Gasteiger partial charge < -0.3 is 10.1 Å². The minimum absolute atomic E-state index is 0.108. The zero-order valence-corrected chi connectivity index (χ0v) is 12.9. The lowest BCUT2D eigenvalue weighted by molar-refractivity contribution is -0.120. The Morgan fingerprint density at radius 2 is 2.11 bits per heavy atom. The highest BCUT2D eigenvalue weighted by atomic mass is 79.9. The maximum absolute atomic E-state index is 11.2. The molecule has 5 heteroatoms. The Hall–Kier alpha value is -0.680. The van der Waals surface area contributed by atoms with E-state index in [0.717, 1.165) is 29.1 Å². The molecule has 3 nitrogen and oxygen atoms in total. The molecule has 0 spiro atoms. The van der Waals surface area contributed by atoms with Crippen LogP contribution in [0.3, 0.4) is 0 Å². The number of carbonyl (C=O) groups is 1. The van der Waals surface area contributed by atoms with Crippen LogP contribution in [0.5, 0.6) is 5.75 Å². The summed E-state index contributed by atoms with van der Waals surface area (Å²) in [4.78, 5) is 11.2. The molecule has 1 rings (SSSR count). The molecule has 1 aromatic carbocycles. The van der Waals surface area contributed by atoms with Gasteiger partial charge in [-0.3, -0.25) is 4.79 Å². The second-order valence-electron chi connectivity index (χ2n) is 3.69. The molecule has 0 saturated heterocycles. The molecule has 0 atom stereocenters. The summed E-state index contributed by atoms with van der Waals surface area (Å²) in [5.41, 5.74) is 1.27. The van der Waals surface area contributed by atoms with Crippen molar-refractivity contribution in [3.63, 3.8) is 0 Å². The Balaban J connectivity index is 2.12. The number of alkyl halides is 1. The first kappa shape index (κ1) is 15.4. The van der Waals surface area contributed by atoms with Gasteiger partial charge in [-0.1, -0.05) is 28.1 Å². The summed E-state index contributed by atoms with van der Waals surface area (Å²) < 4.78 is 5.10. The normalized spacial score (nSPS) is 10.1. The molecule has 100 valence electrons. The molecule has 1 N–H and O–H groups in total. The Morgan fingerprint density at radius 3 is 2.72 bits per heavy atom. The van der Waals surface area contributed by atoms with Crippen molar-refractivity contribution >= 4 is 33.6 Å². The third kappa shape index (κ3) is 6.31. The number of thioether (sulfide) groups is 1. The Bertz CT molecular complexity index is 357. The van der Waals surface area contributed by atoms with Crippen molar-refractivity contribution in [2.75, 3.05) is 24.7 Å². The third-order valence-electron chi connectivity index (χ3n) is 2.32. The van der Waals surface area contributed by atoms with Gasteiger partial charge in [0.25, 0.3) is 0 Å². The maximum Gasteiger partial charge on any atom is 0.220 e. The van der Waals surface area contributed by atoms with Crippen molar-refractivity contribution in [3.8, 4) is 5.75 Å². The number of rotatable bonds is 8. The fourth-order valence-corrected chi connectivity index (χ4v) is 2.53. The summed E-state index contributed by atoms with van der Waals surface area (Å²) in [6.07, 6.45) is 0.545. The average molecular weight is 332 g/mol. The smallest absolute Gasteiger partial charge is 0.220 e. The predicted molar refractivity (Wildman–Crippen MR) is 80.6 cm³/mol. The molecule has 0 saturated carbocycles. The Morgan fingerprint density at radius 1 is 1.39 bits per heavy atom. The van der Waals surface area contributed by atoms with E-state index in [1.807, 2.05) is 23.9 Å². The van der Waals surface area contributed by atoms with Crippen LogP contribution in [0.4, 0.5) is 0 Å². The van der Waals surface area contributed by atoms with Crippen LogP contribution in [-0.4, -0.2) is 30.6 Å². The van der Waals surface area contributed by atoms with E-state index in [1.165, 1.54) is 5.56 Å². The third-order valence-corrected chi connectivity index (χ3v) is 3.74. The van der Waals surface area contributed by atoms with Crippen LogP contribution in [-0.2, 0) is 10.5 Å². The van der Waals surface area contributed by atoms with Crippen molar-refractivity contribution < 1.29 is 9.53 Å². The van der Waals surface area contributed by atoms with Crippen molar-refractivity contribution in [2.24, 2.45) is 0 Å². The SMILES string of the molecule is COc1ccc(CSCCNC(=O)CCBr)cc1. The molecular formula is C13H18BrNO2S. The number of ether oxygens (including phenoxy) is 1. The fraction of sp³-hybridized carbons (Fsp3) is 0.462. The highest BCUT2D eigenvalue weighted by Gasteiger charge is 1.99. The number of amides is 1. The number of methoxy groups -OCH3 is 1. The van der Waals surface area contributed by atoms with E-state index in [9.17, 15) is 4.79 Å². The molecule has 0 aromatic heterocycles. The zero-order chi connectivity index (χ0) is 13.2. The van der Waals surface area contributed by atoms with Gasteiger partial charge in [0, 0.05) is 29.8 Å². The first-order valence-electron chi connectivity index (χ1n) is 5.79. The van der Waals surface area contributed by atoms with Gasteiger partial charge in [0.2, 0.25) is 5.91 Å². The second kappa shape index (κ2) is 9.28. The minimum atomic E-state index is 0.108. The lowest BCUT2D eigenvalue weighted by Gasteiger charge is -2.05. The summed E-state index contributed by atoms with van der Waals surface area (Å²) in [6.45, 7) is 0.729. The highest BCUT2D eigenvalue weighted by molar-refractivity contribution is 9.09. The lowest BCUT2D eigenvalue weighted by Crippen LogP contribution is -2.25. The summed E-state index contributed by atoms with van der Waals surface area (Å²) in [6, 6.07) is 8.06. The van der Waals surface area contributed by atoms with Gasteiger partial charge in [0.15, 0.2) is 0 Å². The largest absolute Gasteiger partial charge is 0.497 e. The van der Waals surface area contributed by atoms with Gasteiger partial charge in [-0.25, -0.2) is 0 Å². The van der Waals surface area contributed by atoms with Crippen molar-refractivity contribution in [2.45, 2.75) is 12.2 Å². The fourth-order valence-electron chi connectivity index (χ4n) is 1.35. The van der Waals surface area contributed by atoms with Crippen molar-refractivity contribution in [1.29, 1.82) is 0 Å². The first-order chi connectivity index (χ1) is 8.76. The molecular weight excluding hydrogens is 314 g/mol. The van der Waals surface area contributed by atoms with E-state index < -0.39 is 0 Å². The van der Waals surface area contributed by atoms with Gasteiger partial charge in [0.1, 0.15) is 5.75 Å². The van der Waals surface area contributed by atoms with Crippen LogP contribution < -0.4 is 10.1 Å². The number of nitrogens with one attached hydrogen (secondary N) is 1. The first-order valence-corrected chi connectivity index (χ1v) is 8.07. The summed E-state index contributed by atoms with van der Waals surface area (Å²) in [5, 5.41) is 3.60. The molecule has 0 fully saturated rings. The summed E-state index contributed by atoms with van der Waals surface area (Å²) in [7, 11) is 1.67. The van der Waals surface area contributed by atoms with Crippen LogP contribution in [0, 0.1) is 0 Å². The van der Waals surface area contributed by atoms with E-state index >= 15 is 0 Å². The number of benzene rings is 1. The molecule has 0 bridgehead atoms. The highest BCUT2D eigenvalue weighted by Crippen LogP contribution is 2.16. The van der Waals surface area contributed by atoms with Gasteiger partial charge in [-0.05, 0) is 17.7 Å². The van der Waals surface area contributed by atoms with Crippen molar-refractivity contribution in [1.82, 2.24) is 5.32 Å². The Labute approximate surface area is 121 Å². The molecule has 0 radical (unpaired) electrons. The number of halogens is 1. The average Bonchev–Trinajstić information content (AvgIpc) is 2.39. The number of carbonyl (C=O) groups excluding carboxylic acids is 1. The van der Waals surface area contributed by atoms with Crippen LogP contribution in [0.2, 0.25) is 0 Å². The van der Waals surface area contributed by atoms with Gasteiger partial charge in [-0.2, -0.15) is 11.8 Å². The van der Waals surface area contributed by atoms with Crippen LogP contribution >= 0.6 is 27.7 Å². The molecule has 0 aliphatic rings. The van der Waals surface area contributed by atoms with Crippen LogP contribution in [0.15, 0.2) is 24.3 Å². The van der Waals surface area contributed by atoms with E-state index in [4.69, 9.17) is 4.74 Å². The maximum atomic E-state index is 11.2. The van der Waals surface area contributed by atoms with Gasteiger partial charge in [-0.15, -0.1) is 0 Å². The quantitative estimate of drug-likeness (QED) is 0.588. The van der Waals surface area contributed by atoms with Crippen LogP contribution in [0.25, 0.3) is 0 Å². The summed E-state index contributed by atoms with van der Waals surface area (Å²) >= 11 is 5.05. The van der Waals surface area contributed by atoms with E-state index in [2.05, 4.69) is 33.4 Å². The lowest BCUT2D eigenvalue weighted by atomic mass is 10.2. The van der Waals surface area contributed by atoms with Gasteiger partial charge in [0.05, 0.1) is 7.11 Å². The minimum Gasteiger partial charge on any atom is -0.497 e. The van der Waals surface area contributed by atoms with Crippen molar-refractivity contribution in [3.05, 3.63) is 29.8 Å². The molecule has 0 aliphatic heterocycles. The van der Waals surface area contributed by atoms with E-state index in [1.54, 1.807) is 7.11 Å². The van der Waals surface area contributed by atoms with Gasteiger partial charge >= 0.3 is 0 Å². The second-order valence-corrected chi connectivity index (χ2v) is 5.59. The van der Waals surface area contributed by atoms with Crippen LogP contribution in [0.1, 0.15) is 12.0 Å². The summed E-state index contributed by atoms with van der Waals surface area (Å²) in [5.74, 6) is 2.88. The molecule has 0 aliphatic carbocycles. The Kier molecular flexibility index (Phi) is 7.93. The van der Waals surface area contributed by atoms with E-state index in [-0.39, 0.29) is 5.91 Å². The van der Waals surface area contributed by atoms with E-state index in [0.29, 0.717) is 6.42 Å². The number of hydrogen-bond acceptors (Lipinski definition) is 3. The topological polar surface area (TPSA) is 38.3 Å². The molecule has 0 heterocycles. The molecule has 1 aromatic rings.